The van der Waals surface area contributed by atoms with E-state index in [1.165, 1.54) is 100 Å². The number of amides is 15. The number of aromatic amines is 1. The predicted molar refractivity (Wildman–Crippen MR) is 456 cm³/mol. The second kappa shape index (κ2) is 46.1. The zero-order valence-corrected chi connectivity index (χ0v) is 69.9. The number of hydrogen-bond donors (Lipinski definition) is 13. The number of benzene rings is 6. The zero-order chi connectivity index (χ0) is 88.7. The minimum atomic E-state index is -1.73. The Morgan fingerprint density at radius 2 is 1.06 bits per heavy atom. The van der Waals surface area contributed by atoms with Crippen LogP contribution in [0.3, 0.4) is 0 Å². The van der Waals surface area contributed by atoms with Crippen molar-refractivity contribution in [3.05, 3.63) is 203 Å². The lowest BCUT2D eigenvalue weighted by Crippen LogP contribution is -2.59. The van der Waals surface area contributed by atoms with E-state index in [1.54, 1.807) is 121 Å². The molecule has 0 spiro atoms. The van der Waals surface area contributed by atoms with Crippen LogP contribution in [0.1, 0.15) is 78.8 Å². The first-order valence-corrected chi connectivity index (χ1v) is 40.9. The lowest BCUT2D eigenvalue weighted by Gasteiger charge is -2.37. The topological polar surface area (TPSA) is 463 Å². The number of carbonyl (C=O) groups is 15. The SMILES string of the molecule is C#C[C@@H]1NC(=O)CN(C)C(=O)[C@H](CCCC)N(C)C(=O)[C@H](Cc2ccccc2)N(C)C(=O)[C@H](Cc2ccccc2)NC(=O)CSC[C@@H](C(=O)NCC(N)=O)NC(=O)CNC(=O)[C@H](Cc2ccc(O)cc2)NC(=O)[C@H](Cc2c[nH]c3ccccc23)NC(=O)CN(C)C(=O)CC(c2ccc(O)cc2)CNC(=O)[C@H](Cc2ccccc2)N(C)C(=O)[C@H](C)NC1=O. The maximum Gasteiger partial charge on any atom is 0.255 e. The fourth-order valence-corrected chi connectivity index (χ4v) is 14.7. The molecule has 0 saturated carbocycles. The number of unbranched alkanes of at least 4 members (excludes halogenated alkanes) is 1. The number of aromatic hydroxyl groups is 2. The van der Waals surface area contributed by atoms with Gasteiger partial charge in [-0.25, -0.2) is 0 Å². The first kappa shape index (κ1) is 93.9. The molecule has 14 N–H and O–H groups in total. The molecule has 0 aliphatic carbocycles. The summed E-state index contributed by atoms with van der Waals surface area (Å²) in [6, 6.07) is 31.8. The van der Waals surface area contributed by atoms with Gasteiger partial charge in [-0.15, -0.1) is 18.2 Å². The molecule has 6 aromatic carbocycles. The number of carbonyl (C=O) groups excluding carboxylic acids is 15. The molecule has 2 heterocycles. The van der Waals surface area contributed by atoms with E-state index < -0.39 is 181 Å². The highest BCUT2D eigenvalue weighted by atomic mass is 32.2. The molecule has 10 atom stereocenters. The van der Waals surface area contributed by atoms with E-state index in [1.807, 2.05) is 6.92 Å². The number of terminal acetylenes is 1. The third-order valence-electron chi connectivity index (χ3n) is 20.7. The summed E-state index contributed by atoms with van der Waals surface area (Å²) in [7, 11) is 6.78. The van der Waals surface area contributed by atoms with Crippen LogP contribution in [0.2, 0.25) is 0 Å². The number of rotatable bonds is 17. The number of para-hydroxylation sites is 1. The monoisotopic (exact) mass is 1690 g/mol. The van der Waals surface area contributed by atoms with Crippen molar-refractivity contribution in [1.29, 1.82) is 0 Å². The van der Waals surface area contributed by atoms with Crippen molar-refractivity contribution in [1.82, 2.24) is 77.3 Å². The Morgan fingerprint density at radius 1 is 0.525 bits per heavy atom. The van der Waals surface area contributed by atoms with Crippen molar-refractivity contribution >= 4 is 111 Å². The average molecular weight is 1690 g/mol. The number of aromatic nitrogens is 1. The lowest BCUT2D eigenvalue weighted by atomic mass is 9.94. The Kier molecular flexibility index (Phi) is 35.5. The van der Waals surface area contributed by atoms with Crippen LogP contribution in [0.4, 0.5) is 0 Å². The van der Waals surface area contributed by atoms with E-state index in [9.17, 15) is 67.7 Å². The summed E-state index contributed by atoms with van der Waals surface area (Å²) in [6.45, 7) is 0.103. The highest BCUT2D eigenvalue weighted by Crippen LogP contribution is 2.26. The summed E-state index contributed by atoms with van der Waals surface area (Å²) in [5.74, 6) is -12.1. The zero-order valence-electron chi connectivity index (χ0n) is 69.1. The van der Waals surface area contributed by atoms with Gasteiger partial charge in [0.25, 0.3) is 5.91 Å². The molecule has 1 aromatic heterocycles. The summed E-state index contributed by atoms with van der Waals surface area (Å²) in [5.41, 5.74) is 9.34. The summed E-state index contributed by atoms with van der Waals surface area (Å²) in [4.78, 5) is 224. The predicted octanol–water partition coefficient (Wildman–Crippen LogP) is 0.997. The van der Waals surface area contributed by atoms with Gasteiger partial charge in [0.1, 0.15) is 59.8 Å². The molecule has 646 valence electrons. The molecule has 33 nitrogen and oxygen atoms in total. The second-order valence-corrected chi connectivity index (χ2v) is 31.0. The normalized spacial score (nSPS) is 21.9. The van der Waals surface area contributed by atoms with Crippen LogP contribution in [0.25, 0.3) is 10.9 Å². The Morgan fingerprint density at radius 3 is 1.67 bits per heavy atom. The standard InChI is InChI=1S/C88H106N16O17S/c1-9-11-31-71-87(120)101(5)51-77(110)95-65(10-2)82(115)94-54(3)85(118)103(7)72(42-56-25-17-13-18-26-56)84(117)91-46-60(59-34-38-63(106)39-35-59)45-79(112)100(4)50-76(109)96-68(44-61-47-90-66-30-22-21-29-64(61)66)83(116)99-67(40-58-32-36-62(105)37-33-58)80(113)93-49-75(108)98-70(81(114)92-48-74(89)107)52-122-53-78(111)97-69(41-55-23-15-12-16-24-55)86(119)104(8)73(88(121)102(71)6)43-57-27-19-14-20-28-57/h2,12-30,32-39,47,54,60,65,67-73,90,105-106H,9,11,31,40-46,48-53H2,1,3-8H3,(H2,89,107)(H,91,117)(H,92,114)(H,93,113)(H,94,115)(H,95,110)(H,96,109)(H,97,111)(H,98,108)(H,99,116)/t54-,60?,65-,67-,68-,69-,70-,71-,72-,73-/m0/s1. The van der Waals surface area contributed by atoms with Gasteiger partial charge in [-0.2, -0.15) is 0 Å². The Bertz CT molecular complexity index is 4880. The molecule has 15 amide bonds. The first-order chi connectivity index (χ1) is 58.3. The smallest absolute Gasteiger partial charge is 0.255 e. The van der Waals surface area contributed by atoms with E-state index in [0.717, 1.165) is 26.5 Å². The van der Waals surface area contributed by atoms with Crippen molar-refractivity contribution < 1.29 is 82.1 Å². The minimum Gasteiger partial charge on any atom is -0.508 e. The van der Waals surface area contributed by atoms with E-state index >= 15 is 14.4 Å². The van der Waals surface area contributed by atoms with Crippen molar-refractivity contribution in [3.8, 4) is 23.8 Å². The van der Waals surface area contributed by atoms with Crippen LogP contribution in [-0.2, 0) is 104 Å². The second-order valence-electron chi connectivity index (χ2n) is 30.0. The van der Waals surface area contributed by atoms with Gasteiger partial charge in [0.2, 0.25) is 82.7 Å². The molecule has 1 saturated heterocycles. The van der Waals surface area contributed by atoms with Crippen LogP contribution in [0.5, 0.6) is 11.5 Å². The van der Waals surface area contributed by atoms with Crippen LogP contribution in [0, 0.1) is 12.3 Å². The van der Waals surface area contributed by atoms with Gasteiger partial charge in [0, 0.05) is 109 Å². The maximum atomic E-state index is 15.4. The molecule has 1 fully saturated rings. The van der Waals surface area contributed by atoms with Crippen LogP contribution in [0.15, 0.2) is 170 Å². The number of nitrogens with two attached hydrogens (primary N) is 1. The number of likely N-dealkylation sites (N-methyl/N-ethyl adjacent to an activating group) is 5. The van der Waals surface area contributed by atoms with Crippen molar-refractivity contribution in [2.75, 3.05) is 79.5 Å². The number of thioether (sulfide) groups is 1. The van der Waals surface area contributed by atoms with Crippen molar-refractivity contribution in [2.24, 2.45) is 5.73 Å². The molecular formula is C88H106N16O17S. The van der Waals surface area contributed by atoms with Gasteiger partial charge in [-0.1, -0.05) is 159 Å². The first-order valence-electron chi connectivity index (χ1n) is 39.8. The third-order valence-corrected chi connectivity index (χ3v) is 21.8. The quantitative estimate of drug-likeness (QED) is 0.0566. The molecule has 1 aliphatic rings. The maximum absolute atomic E-state index is 15.4. The Labute approximate surface area is 711 Å². The summed E-state index contributed by atoms with van der Waals surface area (Å²) in [5, 5.41) is 44.7. The minimum absolute atomic E-state index is 0.0642. The van der Waals surface area contributed by atoms with E-state index in [-0.39, 0.29) is 68.7 Å². The molecular weight excluding hydrogens is 1590 g/mol. The van der Waals surface area contributed by atoms with Gasteiger partial charge in [0.05, 0.1) is 31.9 Å². The third kappa shape index (κ3) is 28.0. The largest absolute Gasteiger partial charge is 0.508 e. The molecule has 0 bridgehead atoms. The van der Waals surface area contributed by atoms with Crippen LogP contribution < -0.4 is 53.6 Å². The van der Waals surface area contributed by atoms with Gasteiger partial charge in [-0.05, 0) is 77.1 Å². The number of fused-ring (bicyclic) bond motifs is 1. The van der Waals surface area contributed by atoms with E-state index in [0.29, 0.717) is 57.1 Å². The molecule has 122 heavy (non-hydrogen) atoms. The van der Waals surface area contributed by atoms with Gasteiger partial charge in [-0.3, -0.25) is 71.9 Å². The number of H-pyrrole nitrogens is 1. The number of phenols is 2. The van der Waals surface area contributed by atoms with Gasteiger partial charge in [0.15, 0.2) is 6.04 Å². The van der Waals surface area contributed by atoms with E-state index in [4.69, 9.17) is 12.2 Å². The number of primary amides is 1. The van der Waals surface area contributed by atoms with Crippen LogP contribution >= 0.6 is 11.8 Å². The van der Waals surface area contributed by atoms with Crippen molar-refractivity contribution in [2.45, 2.75) is 132 Å². The van der Waals surface area contributed by atoms with Crippen molar-refractivity contribution in [3.63, 3.8) is 0 Å². The van der Waals surface area contributed by atoms with E-state index in [2.05, 4.69) is 58.8 Å². The highest BCUT2D eigenvalue weighted by Gasteiger charge is 2.40. The molecule has 1 unspecified atom stereocenters. The molecule has 7 aromatic rings. The fraction of sp³-hybridized carbons (Fsp3) is 0.375. The molecule has 1 aliphatic heterocycles. The summed E-state index contributed by atoms with van der Waals surface area (Å²) >= 11 is 0.830. The highest BCUT2D eigenvalue weighted by molar-refractivity contribution is 8.00. The molecule has 0 radical (unpaired) electrons. The summed E-state index contributed by atoms with van der Waals surface area (Å²) < 4.78 is 0. The molecule has 34 heteroatoms. The number of hydrogen-bond acceptors (Lipinski definition) is 18. The Balaban J connectivity index is 1.13. The number of phenolic OH excluding ortho intramolecular Hbond substituents is 2. The summed E-state index contributed by atoms with van der Waals surface area (Å²) in [6.07, 6.45) is 7.48. The Hall–Kier alpha value is -13.6. The molecule has 8 rings (SSSR count). The van der Waals surface area contributed by atoms with Crippen LogP contribution in [-0.4, -0.2) is 262 Å². The fourth-order valence-electron chi connectivity index (χ4n) is 13.8. The number of nitrogens with zero attached hydrogens (tertiary/aromatic N) is 5. The number of nitrogens with one attached hydrogen (secondary N) is 10. The lowest BCUT2D eigenvalue weighted by molar-refractivity contribution is -0.151. The van der Waals surface area contributed by atoms with Gasteiger partial charge >= 0.3 is 0 Å². The average Bonchev–Trinajstić information content (AvgIpc) is 1.11. The van der Waals surface area contributed by atoms with Gasteiger partial charge < -0.3 is 93.3 Å².